The molecule has 0 fully saturated rings. The average Bonchev–Trinajstić information content (AvgIpc) is 3.18. The minimum Gasteiger partial charge on any atom is -0.544 e. The number of hydrogen-bond acceptors (Lipinski definition) is 7. The third-order valence-corrected chi connectivity index (χ3v) is 9.84. The Bertz CT molecular complexity index is 1180. The number of carbonyl (C=O) groups is 3. The van der Waals surface area contributed by atoms with Crippen molar-refractivity contribution in [2.75, 3.05) is 41.0 Å². The number of aliphatic carboxylic acids is 1. The predicted molar refractivity (Wildman–Crippen MR) is 240 cm³/mol. The van der Waals surface area contributed by atoms with Crippen molar-refractivity contribution in [3.05, 3.63) is 72.9 Å². The first-order valence-corrected chi connectivity index (χ1v) is 23.0. The molecule has 0 aliphatic heterocycles. The SMILES string of the molecule is CC/C=C/C/C=C/C/C=C/CCCCCCCCCCCCCCCC(=O)OC(COCCC(C(=O)[O-])[N+](C)(C)C)COC(=O)CCC/C=C/C/C=C/C/C=C/CC. The van der Waals surface area contributed by atoms with Crippen molar-refractivity contribution in [2.45, 2.75) is 187 Å². The van der Waals surface area contributed by atoms with Crippen molar-refractivity contribution < 1.29 is 38.2 Å². The lowest BCUT2D eigenvalue weighted by molar-refractivity contribution is -0.889. The number of rotatable bonds is 40. The van der Waals surface area contributed by atoms with Gasteiger partial charge < -0.3 is 28.6 Å². The number of carboxylic acids is 1. The van der Waals surface area contributed by atoms with Crippen LogP contribution in [0.5, 0.6) is 0 Å². The number of allylic oxidation sites excluding steroid dienone is 12. The summed E-state index contributed by atoms with van der Waals surface area (Å²) in [6.07, 6.45) is 50.9. The van der Waals surface area contributed by atoms with Crippen LogP contribution in [0, 0.1) is 0 Å². The average molecular weight is 812 g/mol. The summed E-state index contributed by atoms with van der Waals surface area (Å²) >= 11 is 0. The summed E-state index contributed by atoms with van der Waals surface area (Å²) in [5.74, 6) is -1.81. The Labute approximate surface area is 355 Å². The van der Waals surface area contributed by atoms with Crippen LogP contribution in [0.3, 0.4) is 0 Å². The molecule has 58 heavy (non-hydrogen) atoms. The van der Waals surface area contributed by atoms with Gasteiger partial charge in [0.15, 0.2) is 6.10 Å². The standard InChI is InChI=1S/C50H85NO7/c1-6-8-10-12-14-16-18-19-20-21-22-23-24-25-26-27-28-29-31-33-35-37-39-41-49(53)58-46(44-56-43-42-47(50(54)55)51(3,4)5)45-57-48(52)40-38-36-34-32-30-17-15-13-11-9-7-2/h8-11,14-17,19-20,32,34,46-47H,6-7,12-13,18,21-31,33,35-45H2,1-5H3/b10-8+,11-9+,16-14+,17-15+,20-19+,34-32+. The van der Waals surface area contributed by atoms with Crippen molar-refractivity contribution >= 4 is 17.9 Å². The van der Waals surface area contributed by atoms with E-state index in [1.165, 1.54) is 70.6 Å². The van der Waals surface area contributed by atoms with E-state index in [2.05, 4.69) is 86.8 Å². The number of hydrogen-bond donors (Lipinski definition) is 0. The molecule has 0 radical (unpaired) electrons. The highest BCUT2D eigenvalue weighted by molar-refractivity contribution is 5.70. The van der Waals surface area contributed by atoms with Crippen molar-refractivity contribution in [2.24, 2.45) is 0 Å². The molecule has 2 unspecified atom stereocenters. The fourth-order valence-electron chi connectivity index (χ4n) is 6.34. The molecule has 332 valence electrons. The Morgan fingerprint density at radius 2 is 0.931 bits per heavy atom. The van der Waals surface area contributed by atoms with Gasteiger partial charge in [-0.15, -0.1) is 0 Å². The number of carbonyl (C=O) groups excluding carboxylic acids is 3. The second kappa shape index (κ2) is 40.5. The molecule has 8 heteroatoms. The summed E-state index contributed by atoms with van der Waals surface area (Å²) < 4.78 is 17.1. The van der Waals surface area contributed by atoms with Crippen LogP contribution >= 0.6 is 0 Å². The Balaban J connectivity index is 4.25. The number of esters is 2. The zero-order chi connectivity index (χ0) is 42.8. The molecule has 0 bridgehead atoms. The van der Waals surface area contributed by atoms with Gasteiger partial charge in [-0.05, 0) is 70.6 Å². The minimum atomic E-state index is -1.13. The summed E-state index contributed by atoms with van der Waals surface area (Å²) in [6, 6.07) is -0.735. The molecular formula is C50H85NO7. The first kappa shape index (κ1) is 54.8. The van der Waals surface area contributed by atoms with Crippen LogP contribution in [-0.2, 0) is 28.6 Å². The molecule has 0 aromatic rings. The van der Waals surface area contributed by atoms with Crippen LogP contribution in [0.15, 0.2) is 72.9 Å². The molecule has 0 amide bonds. The van der Waals surface area contributed by atoms with Crippen LogP contribution in [0.2, 0.25) is 0 Å². The van der Waals surface area contributed by atoms with Gasteiger partial charge >= 0.3 is 11.9 Å². The maximum absolute atomic E-state index is 12.7. The number of nitrogens with zero attached hydrogens (tertiary/aromatic N) is 1. The maximum Gasteiger partial charge on any atom is 0.306 e. The zero-order valence-corrected chi connectivity index (χ0v) is 37.7. The Kier molecular flexibility index (Phi) is 38.3. The largest absolute Gasteiger partial charge is 0.544 e. The Morgan fingerprint density at radius 3 is 1.40 bits per heavy atom. The van der Waals surface area contributed by atoms with Crippen molar-refractivity contribution in [3.63, 3.8) is 0 Å². The molecular weight excluding hydrogens is 727 g/mol. The van der Waals surface area contributed by atoms with E-state index in [0.717, 1.165) is 64.2 Å². The van der Waals surface area contributed by atoms with Gasteiger partial charge in [0.2, 0.25) is 0 Å². The molecule has 0 aromatic heterocycles. The third-order valence-electron chi connectivity index (χ3n) is 9.84. The summed E-state index contributed by atoms with van der Waals surface area (Å²) in [6.45, 7) is 4.37. The van der Waals surface area contributed by atoms with E-state index in [0.29, 0.717) is 12.8 Å². The van der Waals surface area contributed by atoms with Crippen LogP contribution < -0.4 is 5.11 Å². The van der Waals surface area contributed by atoms with Crippen molar-refractivity contribution in [3.8, 4) is 0 Å². The highest BCUT2D eigenvalue weighted by atomic mass is 16.6. The van der Waals surface area contributed by atoms with Crippen LogP contribution in [-0.4, -0.2) is 75.5 Å². The monoisotopic (exact) mass is 812 g/mol. The first-order chi connectivity index (χ1) is 28.1. The fraction of sp³-hybridized carbons (Fsp3) is 0.700. The number of ether oxygens (including phenoxy) is 3. The molecule has 0 heterocycles. The predicted octanol–water partition coefficient (Wildman–Crippen LogP) is 11.4. The molecule has 0 rings (SSSR count). The third kappa shape index (κ3) is 38.3. The van der Waals surface area contributed by atoms with E-state index >= 15 is 0 Å². The van der Waals surface area contributed by atoms with E-state index in [-0.39, 0.29) is 49.1 Å². The Morgan fingerprint density at radius 1 is 0.517 bits per heavy atom. The van der Waals surface area contributed by atoms with E-state index in [1.54, 1.807) is 21.1 Å². The van der Waals surface area contributed by atoms with Crippen LogP contribution in [0.1, 0.15) is 174 Å². The van der Waals surface area contributed by atoms with E-state index in [9.17, 15) is 19.5 Å². The summed E-state index contributed by atoms with van der Waals surface area (Å²) in [5, 5.41) is 11.6. The van der Waals surface area contributed by atoms with Crippen LogP contribution in [0.25, 0.3) is 0 Å². The number of carboxylic acid groups (broad SMARTS) is 1. The van der Waals surface area contributed by atoms with Gasteiger partial charge in [-0.3, -0.25) is 9.59 Å². The lowest BCUT2D eigenvalue weighted by Gasteiger charge is -2.34. The van der Waals surface area contributed by atoms with Gasteiger partial charge in [-0.1, -0.05) is 157 Å². The van der Waals surface area contributed by atoms with E-state index in [4.69, 9.17) is 14.2 Å². The maximum atomic E-state index is 12.7. The van der Waals surface area contributed by atoms with Crippen LogP contribution in [0.4, 0.5) is 0 Å². The van der Waals surface area contributed by atoms with Gasteiger partial charge in [0, 0.05) is 19.3 Å². The van der Waals surface area contributed by atoms with Gasteiger partial charge in [-0.2, -0.15) is 0 Å². The summed E-state index contributed by atoms with van der Waals surface area (Å²) in [5.41, 5.74) is 0. The fourth-order valence-corrected chi connectivity index (χ4v) is 6.34. The molecule has 0 aliphatic carbocycles. The highest BCUT2D eigenvalue weighted by Gasteiger charge is 2.25. The summed E-state index contributed by atoms with van der Waals surface area (Å²) in [4.78, 5) is 36.8. The van der Waals surface area contributed by atoms with Gasteiger partial charge in [0.25, 0.3) is 0 Å². The van der Waals surface area contributed by atoms with E-state index in [1.807, 2.05) is 0 Å². The molecule has 0 N–H and O–H groups in total. The summed E-state index contributed by atoms with van der Waals surface area (Å²) in [7, 11) is 5.39. The topological polar surface area (TPSA) is 102 Å². The highest BCUT2D eigenvalue weighted by Crippen LogP contribution is 2.15. The number of quaternary nitrogens is 1. The zero-order valence-electron chi connectivity index (χ0n) is 37.7. The molecule has 8 nitrogen and oxygen atoms in total. The minimum absolute atomic E-state index is 0.0220. The normalized spacial score (nSPS) is 13.6. The molecule has 0 aliphatic rings. The van der Waals surface area contributed by atoms with Crippen molar-refractivity contribution in [1.29, 1.82) is 0 Å². The quantitative estimate of drug-likeness (QED) is 0.0263. The lowest BCUT2D eigenvalue weighted by Crippen LogP contribution is -2.55. The van der Waals surface area contributed by atoms with E-state index < -0.39 is 18.1 Å². The molecule has 0 saturated heterocycles. The Hall–Kier alpha value is -3.23. The first-order valence-electron chi connectivity index (χ1n) is 23.0. The molecule has 0 saturated carbocycles. The number of likely N-dealkylation sites (N-methyl/N-ethyl adjacent to an activating group) is 1. The molecule has 0 spiro atoms. The van der Waals surface area contributed by atoms with Crippen molar-refractivity contribution in [1.82, 2.24) is 0 Å². The molecule has 0 aromatic carbocycles. The van der Waals surface area contributed by atoms with Gasteiger partial charge in [0.05, 0.1) is 40.3 Å². The number of unbranched alkanes of at least 4 members (excludes halogenated alkanes) is 14. The second-order valence-corrected chi connectivity index (χ2v) is 16.2. The smallest absolute Gasteiger partial charge is 0.306 e. The van der Waals surface area contributed by atoms with Gasteiger partial charge in [0.1, 0.15) is 12.6 Å². The lowest BCUT2D eigenvalue weighted by atomic mass is 10.0. The molecule has 2 atom stereocenters. The van der Waals surface area contributed by atoms with Gasteiger partial charge in [-0.25, -0.2) is 0 Å². The second-order valence-electron chi connectivity index (χ2n) is 16.2.